The average molecular weight is 533 g/mol. The van der Waals surface area contributed by atoms with Crippen LogP contribution in [0.2, 0.25) is 15.1 Å². The van der Waals surface area contributed by atoms with Crippen LogP contribution in [0.3, 0.4) is 0 Å². The lowest BCUT2D eigenvalue weighted by Gasteiger charge is -2.25. The number of methoxy groups -OCH3 is 1. The third kappa shape index (κ3) is 4.69. The van der Waals surface area contributed by atoms with E-state index >= 15 is 0 Å². The standard InChI is InChI=1S/C26H20Cl3NO5/c1-3-35-18-10-8-17(9-11-18)30-22(14-4-6-16(27)7-5-14)21(24(32)26(30)33)23(31)15-12-19(28)25(34-2)20(29)13-15/h4-13,22,31H,3H2,1-2H3/b23-21+. The van der Waals surface area contributed by atoms with Crippen LogP contribution in [0.25, 0.3) is 5.76 Å². The normalized spacial score (nSPS) is 17.1. The quantitative estimate of drug-likeness (QED) is 0.218. The largest absolute Gasteiger partial charge is 0.507 e. The molecule has 0 spiro atoms. The van der Waals surface area contributed by atoms with Crippen molar-refractivity contribution in [2.75, 3.05) is 18.6 Å². The summed E-state index contributed by atoms with van der Waals surface area (Å²) < 4.78 is 10.6. The van der Waals surface area contributed by atoms with Crippen molar-refractivity contribution >= 4 is 57.9 Å². The van der Waals surface area contributed by atoms with Crippen molar-refractivity contribution in [1.82, 2.24) is 0 Å². The lowest BCUT2D eigenvalue weighted by atomic mass is 9.95. The number of amides is 1. The lowest BCUT2D eigenvalue weighted by Crippen LogP contribution is -2.29. The summed E-state index contributed by atoms with van der Waals surface area (Å²) in [5.41, 5.74) is 1.10. The molecular weight excluding hydrogens is 513 g/mol. The van der Waals surface area contributed by atoms with Gasteiger partial charge in [-0.2, -0.15) is 0 Å². The van der Waals surface area contributed by atoms with Gasteiger partial charge in [-0.05, 0) is 61.0 Å². The Labute approximate surface area is 217 Å². The molecule has 1 atom stereocenters. The van der Waals surface area contributed by atoms with E-state index in [9.17, 15) is 14.7 Å². The van der Waals surface area contributed by atoms with Crippen LogP contribution >= 0.6 is 34.8 Å². The first-order valence-corrected chi connectivity index (χ1v) is 11.7. The zero-order valence-electron chi connectivity index (χ0n) is 18.7. The van der Waals surface area contributed by atoms with Gasteiger partial charge >= 0.3 is 0 Å². The molecule has 1 fully saturated rings. The predicted octanol–water partition coefficient (Wildman–Crippen LogP) is 6.68. The number of ether oxygens (including phenoxy) is 2. The fourth-order valence-electron chi connectivity index (χ4n) is 3.98. The highest BCUT2D eigenvalue weighted by Crippen LogP contribution is 2.44. The van der Waals surface area contributed by atoms with Gasteiger partial charge in [0.05, 0.1) is 35.4 Å². The van der Waals surface area contributed by atoms with Gasteiger partial charge in [-0.3, -0.25) is 14.5 Å². The van der Waals surface area contributed by atoms with Crippen LogP contribution in [0.15, 0.2) is 66.2 Å². The Balaban J connectivity index is 1.91. The molecule has 0 bridgehead atoms. The first-order chi connectivity index (χ1) is 16.8. The van der Waals surface area contributed by atoms with E-state index in [0.29, 0.717) is 28.6 Å². The molecule has 1 aliphatic rings. The van der Waals surface area contributed by atoms with E-state index in [1.165, 1.54) is 24.1 Å². The zero-order chi connectivity index (χ0) is 25.3. The minimum Gasteiger partial charge on any atom is -0.507 e. The molecule has 1 saturated heterocycles. The Morgan fingerprint density at radius 2 is 1.57 bits per heavy atom. The number of halogens is 3. The molecule has 0 saturated carbocycles. The number of hydrogen-bond acceptors (Lipinski definition) is 5. The van der Waals surface area contributed by atoms with Gasteiger partial charge in [0.1, 0.15) is 11.5 Å². The number of ketones is 1. The fraction of sp³-hybridized carbons (Fsp3) is 0.154. The molecule has 0 aliphatic carbocycles. The van der Waals surface area contributed by atoms with Gasteiger partial charge in [-0.25, -0.2) is 0 Å². The number of benzene rings is 3. The molecule has 6 nitrogen and oxygen atoms in total. The first kappa shape index (κ1) is 24.9. The van der Waals surface area contributed by atoms with Crippen molar-refractivity contribution in [3.05, 3.63) is 92.4 Å². The molecule has 9 heteroatoms. The summed E-state index contributed by atoms with van der Waals surface area (Å²) in [6.45, 7) is 2.35. The number of aliphatic hydroxyl groups excluding tert-OH is 1. The summed E-state index contributed by atoms with van der Waals surface area (Å²) >= 11 is 18.6. The van der Waals surface area contributed by atoms with Gasteiger partial charge in [0, 0.05) is 16.3 Å². The maximum atomic E-state index is 13.3. The number of carbonyl (C=O) groups is 2. The van der Waals surface area contributed by atoms with Crippen LogP contribution in [0, 0.1) is 0 Å². The number of nitrogens with zero attached hydrogens (tertiary/aromatic N) is 1. The van der Waals surface area contributed by atoms with Crippen LogP contribution in [0.5, 0.6) is 11.5 Å². The maximum Gasteiger partial charge on any atom is 0.300 e. The Hall–Kier alpha value is -3.19. The highest BCUT2D eigenvalue weighted by atomic mass is 35.5. The second kappa shape index (κ2) is 10.2. The van der Waals surface area contributed by atoms with Gasteiger partial charge in [-0.1, -0.05) is 46.9 Å². The topological polar surface area (TPSA) is 76.1 Å². The predicted molar refractivity (Wildman–Crippen MR) is 137 cm³/mol. The van der Waals surface area contributed by atoms with Gasteiger partial charge in [0.15, 0.2) is 5.75 Å². The Kier molecular flexibility index (Phi) is 7.26. The van der Waals surface area contributed by atoms with Crippen molar-refractivity contribution in [3.8, 4) is 11.5 Å². The number of aliphatic hydroxyl groups is 1. The molecule has 35 heavy (non-hydrogen) atoms. The van der Waals surface area contributed by atoms with Crippen molar-refractivity contribution < 1.29 is 24.2 Å². The van der Waals surface area contributed by atoms with E-state index in [-0.39, 0.29) is 26.9 Å². The third-order valence-corrected chi connectivity index (χ3v) is 6.35. The number of carbonyl (C=O) groups excluding carboxylic acids is 2. The first-order valence-electron chi connectivity index (χ1n) is 10.6. The number of anilines is 1. The van der Waals surface area contributed by atoms with E-state index in [4.69, 9.17) is 44.3 Å². The average Bonchev–Trinajstić information content (AvgIpc) is 3.10. The molecule has 3 aromatic carbocycles. The molecule has 1 unspecified atom stereocenters. The third-order valence-electron chi connectivity index (χ3n) is 5.53. The SMILES string of the molecule is CCOc1ccc(N2C(=O)C(=O)/C(=C(/O)c3cc(Cl)c(OC)c(Cl)c3)C2c2ccc(Cl)cc2)cc1. The highest BCUT2D eigenvalue weighted by molar-refractivity contribution is 6.51. The monoisotopic (exact) mass is 531 g/mol. The molecule has 0 radical (unpaired) electrons. The van der Waals surface area contributed by atoms with Gasteiger partial charge in [-0.15, -0.1) is 0 Å². The summed E-state index contributed by atoms with van der Waals surface area (Å²) in [6, 6.07) is 15.4. The van der Waals surface area contributed by atoms with Crippen LogP contribution in [0.1, 0.15) is 24.1 Å². The Bertz CT molecular complexity index is 1300. The molecule has 1 amide bonds. The number of rotatable bonds is 6. The van der Waals surface area contributed by atoms with E-state index in [1.54, 1.807) is 48.5 Å². The smallest absolute Gasteiger partial charge is 0.300 e. The van der Waals surface area contributed by atoms with Crippen molar-refractivity contribution in [1.29, 1.82) is 0 Å². The van der Waals surface area contributed by atoms with E-state index in [1.807, 2.05) is 6.92 Å². The van der Waals surface area contributed by atoms with Crippen LogP contribution in [0.4, 0.5) is 5.69 Å². The lowest BCUT2D eigenvalue weighted by molar-refractivity contribution is -0.132. The van der Waals surface area contributed by atoms with Gasteiger partial charge in [0.25, 0.3) is 11.7 Å². The van der Waals surface area contributed by atoms with Crippen LogP contribution in [-0.2, 0) is 9.59 Å². The van der Waals surface area contributed by atoms with Crippen LogP contribution in [-0.4, -0.2) is 30.5 Å². The van der Waals surface area contributed by atoms with E-state index < -0.39 is 23.5 Å². The molecule has 1 aliphatic heterocycles. The highest BCUT2D eigenvalue weighted by Gasteiger charge is 2.47. The van der Waals surface area contributed by atoms with Crippen LogP contribution < -0.4 is 14.4 Å². The molecule has 1 N–H and O–H groups in total. The Morgan fingerprint density at radius 1 is 0.971 bits per heavy atom. The summed E-state index contributed by atoms with van der Waals surface area (Å²) in [7, 11) is 1.41. The molecule has 1 heterocycles. The maximum absolute atomic E-state index is 13.3. The van der Waals surface area contributed by atoms with Gasteiger partial charge in [0.2, 0.25) is 0 Å². The van der Waals surface area contributed by atoms with E-state index in [0.717, 1.165) is 0 Å². The van der Waals surface area contributed by atoms with Crippen molar-refractivity contribution in [3.63, 3.8) is 0 Å². The van der Waals surface area contributed by atoms with Crippen molar-refractivity contribution in [2.45, 2.75) is 13.0 Å². The number of Topliss-reactive ketones (excluding diaryl/α,β-unsaturated/α-hetero) is 1. The summed E-state index contributed by atoms with van der Waals surface area (Å²) in [5.74, 6) is -1.20. The van der Waals surface area contributed by atoms with Gasteiger partial charge < -0.3 is 14.6 Å². The minimum atomic E-state index is -0.926. The molecule has 180 valence electrons. The molecule has 4 rings (SSSR count). The Morgan fingerprint density at radius 3 is 2.11 bits per heavy atom. The van der Waals surface area contributed by atoms with Crippen molar-refractivity contribution in [2.24, 2.45) is 0 Å². The molecular formula is C26H20Cl3NO5. The fourth-order valence-corrected chi connectivity index (χ4v) is 4.74. The van der Waals surface area contributed by atoms with E-state index in [2.05, 4.69) is 0 Å². The minimum absolute atomic E-state index is 0.108. The molecule has 3 aromatic rings. The number of hydrogen-bond donors (Lipinski definition) is 1. The summed E-state index contributed by atoms with van der Waals surface area (Å²) in [6.07, 6.45) is 0. The summed E-state index contributed by atoms with van der Waals surface area (Å²) in [4.78, 5) is 27.8. The second-order valence-electron chi connectivity index (χ2n) is 7.62. The second-order valence-corrected chi connectivity index (χ2v) is 8.87. The molecule has 0 aromatic heterocycles. The summed E-state index contributed by atoms with van der Waals surface area (Å²) in [5, 5.41) is 12.0. The zero-order valence-corrected chi connectivity index (χ0v) is 21.0.